The van der Waals surface area contributed by atoms with Crippen LogP contribution < -0.4 is 5.32 Å². The molecule has 7 heteroatoms. The van der Waals surface area contributed by atoms with Crippen LogP contribution in [0.2, 0.25) is 0 Å². The number of nitrogens with zero attached hydrogens (tertiary/aromatic N) is 2. The number of hydrogen-bond acceptors (Lipinski definition) is 4. The fourth-order valence-electron chi connectivity index (χ4n) is 2.28. The summed E-state index contributed by atoms with van der Waals surface area (Å²) in [6.45, 7) is 1.84. The van der Waals surface area contributed by atoms with Crippen molar-refractivity contribution in [2.24, 2.45) is 0 Å². The molecular weight excluding hydrogens is 288 g/mol. The van der Waals surface area contributed by atoms with Crippen molar-refractivity contribution in [3.63, 3.8) is 0 Å². The van der Waals surface area contributed by atoms with Gasteiger partial charge in [0.15, 0.2) is 5.82 Å². The molecule has 0 atom stereocenters. The molecule has 1 N–H and O–H groups in total. The van der Waals surface area contributed by atoms with Gasteiger partial charge in [-0.15, -0.1) is 12.4 Å². The molecule has 0 saturated carbocycles. The standard InChI is InChI=1S/C13H13F2N3O.ClH/c14-10-5-9(6-11(15)7-10)13-17-12(18-19-13)8-1-3-16-4-2-8;/h5-8,16H,1-4H2;1H. The smallest absolute Gasteiger partial charge is 0.258 e. The first-order chi connectivity index (χ1) is 9.22. The molecule has 20 heavy (non-hydrogen) atoms. The maximum atomic E-state index is 13.1. The third kappa shape index (κ3) is 3.13. The lowest BCUT2D eigenvalue weighted by Gasteiger charge is -2.18. The first-order valence-corrected chi connectivity index (χ1v) is 6.23. The minimum Gasteiger partial charge on any atom is -0.334 e. The van der Waals surface area contributed by atoms with E-state index >= 15 is 0 Å². The summed E-state index contributed by atoms with van der Waals surface area (Å²) in [6.07, 6.45) is 1.88. The lowest BCUT2D eigenvalue weighted by molar-refractivity contribution is 0.392. The van der Waals surface area contributed by atoms with Gasteiger partial charge in [-0.2, -0.15) is 4.98 Å². The van der Waals surface area contributed by atoms with Gasteiger partial charge in [0.05, 0.1) is 0 Å². The minimum absolute atomic E-state index is 0. The second-order valence-corrected chi connectivity index (χ2v) is 4.64. The van der Waals surface area contributed by atoms with Crippen molar-refractivity contribution in [3.05, 3.63) is 35.7 Å². The largest absolute Gasteiger partial charge is 0.334 e. The van der Waals surface area contributed by atoms with E-state index in [0.29, 0.717) is 5.82 Å². The zero-order valence-electron chi connectivity index (χ0n) is 10.6. The predicted octanol–water partition coefficient (Wildman–Crippen LogP) is 2.90. The van der Waals surface area contributed by atoms with Crippen LogP contribution >= 0.6 is 12.4 Å². The summed E-state index contributed by atoms with van der Waals surface area (Å²) >= 11 is 0. The van der Waals surface area contributed by atoms with Gasteiger partial charge in [0.1, 0.15) is 11.6 Å². The molecule has 1 aromatic heterocycles. The normalized spacial score (nSPS) is 15.9. The third-order valence-electron chi connectivity index (χ3n) is 3.26. The van der Waals surface area contributed by atoms with Crippen LogP contribution in [-0.2, 0) is 0 Å². The fraction of sp³-hybridized carbons (Fsp3) is 0.385. The molecule has 1 fully saturated rings. The summed E-state index contributed by atoms with van der Waals surface area (Å²) in [7, 11) is 0. The van der Waals surface area contributed by atoms with E-state index < -0.39 is 11.6 Å². The van der Waals surface area contributed by atoms with Crippen molar-refractivity contribution in [1.29, 1.82) is 0 Å². The fourth-order valence-corrected chi connectivity index (χ4v) is 2.28. The molecule has 1 saturated heterocycles. The summed E-state index contributed by atoms with van der Waals surface area (Å²) in [4.78, 5) is 4.25. The molecular formula is C13H14ClF2N3O. The Morgan fingerprint density at radius 1 is 1.10 bits per heavy atom. The van der Waals surface area contributed by atoms with Gasteiger partial charge in [0, 0.05) is 17.5 Å². The Kier molecular flexibility index (Phi) is 4.67. The molecule has 2 heterocycles. The second-order valence-electron chi connectivity index (χ2n) is 4.64. The predicted molar refractivity (Wildman–Crippen MR) is 71.7 cm³/mol. The minimum atomic E-state index is -0.656. The number of piperidine rings is 1. The highest BCUT2D eigenvalue weighted by atomic mass is 35.5. The molecule has 4 nitrogen and oxygen atoms in total. The highest BCUT2D eigenvalue weighted by Crippen LogP contribution is 2.26. The molecule has 3 rings (SSSR count). The van der Waals surface area contributed by atoms with Gasteiger partial charge in [-0.1, -0.05) is 5.16 Å². The molecule has 0 spiro atoms. The summed E-state index contributed by atoms with van der Waals surface area (Å²) in [5.41, 5.74) is 0.269. The van der Waals surface area contributed by atoms with Gasteiger partial charge in [-0.05, 0) is 38.1 Å². The SMILES string of the molecule is Cl.Fc1cc(F)cc(-c2nc(C3CCNCC3)no2)c1. The highest BCUT2D eigenvalue weighted by molar-refractivity contribution is 5.85. The zero-order valence-corrected chi connectivity index (χ0v) is 11.4. The molecule has 0 unspecified atom stereocenters. The molecule has 0 amide bonds. The van der Waals surface area contributed by atoms with Crippen LogP contribution in [0.1, 0.15) is 24.6 Å². The molecule has 0 aliphatic carbocycles. The average Bonchev–Trinajstić information content (AvgIpc) is 2.88. The van der Waals surface area contributed by atoms with E-state index in [2.05, 4.69) is 15.5 Å². The van der Waals surface area contributed by atoms with Crippen molar-refractivity contribution in [2.75, 3.05) is 13.1 Å². The Bertz CT molecular complexity index is 564. The van der Waals surface area contributed by atoms with Crippen molar-refractivity contribution in [3.8, 4) is 11.5 Å². The average molecular weight is 302 g/mol. The lowest BCUT2D eigenvalue weighted by Crippen LogP contribution is -2.27. The first-order valence-electron chi connectivity index (χ1n) is 6.23. The van der Waals surface area contributed by atoms with E-state index in [1.165, 1.54) is 12.1 Å². The topological polar surface area (TPSA) is 51.0 Å². The number of aromatic nitrogens is 2. The number of hydrogen-bond donors (Lipinski definition) is 1. The molecule has 0 radical (unpaired) electrons. The van der Waals surface area contributed by atoms with Gasteiger partial charge in [0.2, 0.25) is 0 Å². The van der Waals surface area contributed by atoms with E-state index in [1.54, 1.807) is 0 Å². The Hall–Kier alpha value is -1.53. The molecule has 1 aromatic carbocycles. The van der Waals surface area contributed by atoms with E-state index in [9.17, 15) is 8.78 Å². The Morgan fingerprint density at radius 2 is 1.75 bits per heavy atom. The quantitative estimate of drug-likeness (QED) is 0.926. The summed E-state index contributed by atoms with van der Waals surface area (Å²) in [6, 6.07) is 3.18. The first kappa shape index (κ1) is 14.9. The van der Waals surface area contributed by atoms with E-state index in [0.717, 1.165) is 32.0 Å². The van der Waals surface area contributed by atoms with Crippen LogP contribution in [0.3, 0.4) is 0 Å². The highest BCUT2D eigenvalue weighted by Gasteiger charge is 2.21. The van der Waals surface area contributed by atoms with Gasteiger partial charge in [0.25, 0.3) is 5.89 Å². The van der Waals surface area contributed by atoms with Crippen LogP contribution in [0, 0.1) is 11.6 Å². The van der Waals surface area contributed by atoms with Crippen molar-refractivity contribution >= 4 is 12.4 Å². The molecule has 2 aromatic rings. The van der Waals surface area contributed by atoms with Crippen LogP contribution in [0.15, 0.2) is 22.7 Å². The summed E-state index contributed by atoms with van der Waals surface area (Å²) < 4.78 is 31.4. The van der Waals surface area contributed by atoms with Crippen LogP contribution in [-0.4, -0.2) is 23.2 Å². The van der Waals surface area contributed by atoms with E-state index in [1.807, 2.05) is 0 Å². The Balaban J connectivity index is 0.00000147. The lowest BCUT2D eigenvalue weighted by atomic mass is 9.98. The number of nitrogens with one attached hydrogen (secondary N) is 1. The maximum absolute atomic E-state index is 13.1. The van der Waals surface area contributed by atoms with Crippen LogP contribution in [0.25, 0.3) is 11.5 Å². The maximum Gasteiger partial charge on any atom is 0.258 e. The molecule has 0 bridgehead atoms. The van der Waals surface area contributed by atoms with Gasteiger partial charge < -0.3 is 9.84 Å². The molecule has 1 aliphatic rings. The van der Waals surface area contributed by atoms with Crippen LogP contribution in [0.4, 0.5) is 8.78 Å². The van der Waals surface area contributed by atoms with Crippen molar-refractivity contribution in [2.45, 2.75) is 18.8 Å². The van der Waals surface area contributed by atoms with E-state index in [-0.39, 0.29) is 29.8 Å². The number of benzene rings is 1. The molecule has 1 aliphatic heterocycles. The summed E-state index contributed by atoms with van der Waals surface area (Å²) in [5.74, 6) is -0.293. The third-order valence-corrected chi connectivity index (χ3v) is 3.26. The monoisotopic (exact) mass is 301 g/mol. The summed E-state index contributed by atoms with van der Waals surface area (Å²) in [5, 5.41) is 7.17. The second kappa shape index (κ2) is 6.28. The van der Waals surface area contributed by atoms with Crippen LogP contribution in [0.5, 0.6) is 0 Å². The van der Waals surface area contributed by atoms with Crippen molar-refractivity contribution < 1.29 is 13.3 Å². The van der Waals surface area contributed by atoms with E-state index in [4.69, 9.17) is 4.52 Å². The Morgan fingerprint density at radius 3 is 2.40 bits per heavy atom. The van der Waals surface area contributed by atoms with Crippen molar-refractivity contribution in [1.82, 2.24) is 15.5 Å². The molecule has 108 valence electrons. The number of halogens is 3. The Labute approximate surface area is 121 Å². The van der Waals surface area contributed by atoms with Gasteiger partial charge in [-0.25, -0.2) is 8.78 Å². The zero-order chi connectivity index (χ0) is 13.2. The van der Waals surface area contributed by atoms with Gasteiger partial charge in [-0.3, -0.25) is 0 Å². The van der Waals surface area contributed by atoms with Gasteiger partial charge >= 0.3 is 0 Å². The number of rotatable bonds is 2.